The normalized spacial score (nSPS) is 18.3. The van der Waals surface area contributed by atoms with E-state index in [-0.39, 0.29) is 18.7 Å². The van der Waals surface area contributed by atoms with Gasteiger partial charge in [0.1, 0.15) is 0 Å². The van der Waals surface area contributed by atoms with Gasteiger partial charge in [-0.3, -0.25) is 9.80 Å². The second kappa shape index (κ2) is 15.7. The highest BCUT2D eigenvalue weighted by Gasteiger charge is 2.33. The van der Waals surface area contributed by atoms with E-state index in [2.05, 4.69) is 46.2 Å². The van der Waals surface area contributed by atoms with Gasteiger partial charge in [-0.25, -0.2) is 0 Å². The van der Waals surface area contributed by atoms with Gasteiger partial charge in [0, 0.05) is 43.1 Å². The molecule has 1 aliphatic rings. The first kappa shape index (κ1) is 27.4. The molecule has 1 N–H and O–H groups in total. The number of nitrogens with zero attached hydrogens (tertiary/aromatic N) is 2. The summed E-state index contributed by atoms with van der Waals surface area (Å²) in [4.78, 5) is 4.96. The van der Waals surface area contributed by atoms with E-state index >= 15 is 0 Å². The van der Waals surface area contributed by atoms with Crippen molar-refractivity contribution in [3.63, 3.8) is 0 Å². The molecule has 2 aromatic rings. The summed E-state index contributed by atoms with van der Waals surface area (Å²) in [6.07, 6.45) is 0. The molecule has 0 amide bonds. The van der Waals surface area contributed by atoms with Gasteiger partial charge in [0.25, 0.3) is 0 Å². The van der Waals surface area contributed by atoms with Crippen molar-refractivity contribution in [1.29, 1.82) is 0 Å². The van der Waals surface area contributed by atoms with Gasteiger partial charge >= 0.3 is 0 Å². The summed E-state index contributed by atoms with van der Waals surface area (Å²) in [7, 11) is 0. The summed E-state index contributed by atoms with van der Waals surface area (Å²) in [5.74, 6) is 0.490. The van der Waals surface area contributed by atoms with Crippen LogP contribution in [0, 0.1) is 0 Å². The maximum absolute atomic E-state index is 8.96. The molecule has 2 unspecified atom stereocenters. The number of rotatable bonds is 15. The number of aliphatic hydroxyl groups excluding tert-OH is 1. The molecule has 0 bridgehead atoms. The van der Waals surface area contributed by atoms with Gasteiger partial charge in [-0.2, -0.15) is 0 Å². The zero-order valence-electron chi connectivity index (χ0n) is 19.7. The van der Waals surface area contributed by atoms with Crippen LogP contribution in [0.15, 0.2) is 54.6 Å². The summed E-state index contributed by atoms with van der Waals surface area (Å²) in [5.41, 5.74) is 2.46. The van der Waals surface area contributed by atoms with Crippen LogP contribution in [0.2, 0.25) is 5.02 Å². The molecule has 2 atom stereocenters. The number of benzene rings is 2. The minimum absolute atomic E-state index is 0.0515. The minimum Gasteiger partial charge on any atom is -0.394 e. The maximum Gasteiger partial charge on any atom is 0.0701 e. The lowest BCUT2D eigenvalue weighted by atomic mass is 9.94. The van der Waals surface area contributed by atoms with Crippen LogP contribution in [0.3, 0.4) is 0 Å². The number of piperazine rings is 1. The predicted octanol–water partition coefficient (Wildman–Crippen LogP) is 3.70. The Morgan fingerprint density at radius 1 is 0.853 bits per heavy atom. The predicted molar refractivity (Wildman–Crippen MR) is 137 cm³/mol. The van der Waals surface area contributed by atoms with E-state index in [9.17, 15) is 0 Å². The highest BCUT2D eigenvalue weighted by atomic mass is 35.5. The van der Waals surface area contributed by atoms with Gasteiger partial charge in [0.15, 0.2) is 0 Å². The molecule has 1 aliphatic heterocycles. The first-order valence-electron chi connectivity index (χ1n) is 11.9. The van der Waals surface area contributed by atoms with E-state index in [1.165, 1.54) is 11.1 Å². The van der Waals surface area contributed by atoms with Crippen molar-refractivity contribution in [3.8, 4) is 0 Å². The van der Waals surface area contributed by atoms with Crippen LogP contribution < -0.4 is 0 Å². The summed E-state index contributed by atoms with van der Waals surface area (Å²) in [6.45, 7) is 6.81. The molecule has 0 aliphatic carbocycles. The van der Waals surface area contributed by atoms with Gasteiger partial charge in [0.05, 0.1) is 52.3 Å². The Hall–Kier alpha value is -1.22. The number of ether oxygens (including phenoxy) is 3. The van der Waals surface area contributed by atoms with Crippen molar-refractivity contribution < 1.29 is 19.3 Å². The fourth-order valence-electron chi connectivity index (χ4n) is 4.34. The van der Waals surface area contributed by atoms with Crippen LogP contribution >= 0.6 is 23.2 Å². The van der Waals surface area contributed by atoms with Crippen LogP contribution in [-0.4, -0.2) is 99.3 Å². The van der Waals surface area contributed by atoms with Gasteiger partial charge < -0.3 is 19.3 Å². The minimum atomic E-state index is 0.0515. The second-order valence-electron chi connectivity index (χ2n) is 8.27. The molecule has 0 spiro atoms. The Labute approximate surface area is 213 Å². The number of alkyl halides is 1. The largest absolute Gasteiger partial charge is 0.394 e. The average Bonchev–Trinajstić information content (AvgIpc) is 2.87. The lowest BCUT2D eigenvalue weighted by molar-refractivity contribution is -0.0251. The fourth-order valence-corrected chi connectivity index (χ4v) is 4.57. The Morgan fingerprint density at radius 2 is 1.56 bits per heavy atom. The number of aliphatic hydroxyl groups is 1. The molecule has 2 aromatic carbocycles. The molecule has 0 radical (unpaired) electrons. The lowest BCUT2D eigenvalue weighted by Crippen LogP contribution is -2.56. The molecule has 1 heterocycles. The molecular formula is C26H36Cl2N2O4. The van der Waals surface area contributed by atoms with Crippen molar-refractivity contribution in [2.45, 2.75) is 12.1 Å². The van der Waals surface area contributed by atoms with E-state index < -0.39 is 0 Å². The zero-order chi connectivity index (χ0) is 24.0. The van der Waals surface area contributed by atoms with Crippen LogP contribution in [0.25, 0.3) is 0 Å². The number of halogens is 2. The smallest absolute Gasteiger partial charge is 0.0701 e. The van der Waals surface area contributed by atoms with Crippen LogP contribution in [-0.2, 0) is 14.2 Å². The van der Waals surface area contributed by atoms with Crippen LogP contribution in [0.4, 0.5) is 0 Å². The van der Waals surface area contributed by atoms with E-state index in [4.69, 9.17) is 42.5 Å². The molecule has 6 nitrogen and oxygen atoms in total. The Kier molecular flexibility index (Phi) is 12.6. The SMILES string of the molecule is OCCOCCN1CCN(C(c2ccccc2)c2ccc(Cl)cc2)C(COCCOCCCl)C1. The van der Waals surface area contributed by atoms with Crippen molar-refractivity contribution in [2.75, 3.05) is 78.3 Å². The quantitative estimate of drug-likeness (QED) is 0.291. The van der Waals surface area contributed by atoms with Crippen molar-refractivity contribution in [1.82, 2.24) is 9.80 Å². The molecule has 0 saturated carbocycles. The highest BCUT2D eigenvalue weighted by Crippen LogP contribution is 2.32. The number of hydrogen-bond donors (Lipinski definition) is 1. The van der Waals surface area contributed by atoms with Crippen molar-refractivity contribution >= 4 is 23.2 Å². The molecule has 1 fully saturated rings. The molecule has 34 heavy (non-hydrogen) atoms. The van der Waals surface area contributed by atoms with Crippen LogP contribution in [0.1, 0.15) is 17.2 Å². The topological polar surface area (TPSA) is 54.4 Å². The summed E-state index contributed by atoms with van der Waals surface area (Å²) in [5, 5.41) is 9.70. The third-order valence-electron chi connectivity index (χ3n) is 5.94. The maximum atomic E-state index is 8.96. The first-order valence-corrected chi connectivity index (χ1v) is 12.8. The summed E-state index contributed by atoms with van der Waals surface area (Å²) < 4.78 is 17.0. The van der Waals surface area contributed by atoms with Crippen molar-refractivity contribution in [2.24, 2.45) is 0 Å². The zero-order valence-corrected chi connectivity index (χ0v) is 21.2. The third-order valence-corrected chi connectivity index (χ3v) is 6.34. The molecule has 8 heteroatoms. The molecule has 3 rings (SSSR count). The van der Waals surface area contributed by atoms with E-state index in [1.54, 1.807) is 0 Å². The summed E-state index contributed by atoms with van der Waals surface area (Å²) >= 11 is 11.9. The molecular weight excluding hydrogens is 475 g/mol. The molecule has 1 saturated heterocycles. The van der Waals surface area contributed by atoms with Crippen LogP contribution in [0.5, 0.6) is 0 Å². The summed E-state index contributed by atoms with van der Waals surface area (Å²) in [6, 6.07) is 19.1. The monoisotopic (exact) mass is 510 g/mol. The van der Waals surface area contributed by atoms with Gasteiger partial charge in [0.2, 0.25) is 0 Å². The van der Waals surface area contributed by atoms with Gasteiger partial charge in [-0.1, -0.05) is 54.1 Å². The first-order chi connectivity index (χ1) is 16.7. The van der Waals surface area contributed by atoms with Gasteiger partial charge in [-0.05, 0) is 23.3 Å². The van der Waals surface area contributed by atoms with E-state index in [0.717, 1.165) is 31.2 Å². The highest BCUT2D eigenvalue weighted by molar-refractivity contribution is 6.30. The number of hydrogen-bond acceptors (Lipinski definition) is 6. The Morgan fingerprint density at radius 3 is 2.29 bits per heavy atom. The van der Waals surface area contributed by atoms with Crippen molar-refractivity contribution in [3.05, 3.63) is 70.7 Å². The molecule has 0 aromatic heterocycles. The average molecular weight is 511 g/mol. The Bertz CT molecular complexity index is 797. The van der Waals surface area contributed by atoms with E-state index in [1.807, 2.05) is 18.2 Å². The second-order valence-corrected chi connectivity index (χ2v) is 9.08. The van der Waals surface area contributed by atoms with E-state index in [0.29, 0.717) is 45.5 Å². The Balaban J connectivity index is 1.74. The lowest BCUT2D eigenvalue weighted by Gasteiger charge is -2.45. The standard InChI is InChI=1S/C26H36Cl2N2O4/c27-10-15-32-18-19-34-21-25-20-29(13-16-33-17-14-31)11-12-30(25)26(22-4-2-1-3-5-22)23-6-8-24(28)9-7-23/h1-9,25-26,31H,10-21H2. The third kappa shape index (κ3) is 8.77. The fraction of sp³-hybridized carbons (Fsp3) is 0.538. The van der Waals surface area contributed by atoms with Gasteiger partial charge in [-0.15, -0.1) is 11.6 Å². The molecule has 188 valence electrons.